The number of rotatable bonds is 5. The van der Waals surface area contributed by atoms with E-state index in [1.54, 1.807) is 12.1 Å². The summed E-state index contributed by atoms with van der Waals surface area (Å²) in [4.78, 5) is 32.8. The summed E-state index contributed by atoms with van der Waals surface area (Å²) in [5, 5.41) is 8.35. The minimum Gasteiger partial charge on any atom is -0.481 e. The first kappa shape index (κ1) is 13.9. The van der Waals surface area contributed by atoms with Gasteiger partial charge in [-0.3, -0.25) is 14.4 Å². The van der Waals surface area contributed by atoms with Crippen LogP contribution in [0.2, 0.25) is 0 Å². The van der Waals surface area contributed by atoms with Gasteiger partial charge in [0.05, 0.1) is 0 Å². The fourth-order valence-electron chi connectivity index (χ4n) is 1.32. The lowest BCUT2D eigenvalue weighted by molar-refractivity contribution is -0.150. The number of carboxylic acids is 1. The number of hydrogen-bond donors (Lipinski definition) is 1. The van der Waals surface area contributed by atoms with E-state index in [2.05, 4.69) is 4.74 Å². The smallest absolute Gasteiger partial charge is 0.317 e. The number of ether oxygens (including phenoxy) is 1. The van der Waals surface area contributed by atoms with Crippen molar-refractivity contribution in [3.05, 3.63) is 34.9 Å². The van der Waals surface area contributed by atoms with Crippen LogP contribution < -0.4 is 0 Å². The van der Waals surface area contributed by atoms with Crippen molar-refractivity contribution < 1.29 is 24.2 Å². The van der Waals surface area contributed by atoms with Crippen LogP contribution in [0, 0.1) is 13.8 Å². The Labute approximate surface area is 104 Å². The molecule has 0 heterocycles. The molecule has 5 nitrogen and oxygen atoms in total. The number of ketones is 1. The Morgan fingerprint density at radius 1 is 1.17 bits per heavy atom. The Hall–Kier alpha value is -2.17. The number of esters is 1. The largest absolute Gasteiger partial charge is 0.481 e. The van der Waals surface area contributed by atoms with Crippen LogP contribution >= 0.6 is 0 Å². The second-order valence-corrected chi connectivity index (χ2v) is 3.95. The van der Waals surface area contributed by atoms with Crippen molar-refractivity contribution in [3.8, 4) is 0 Å². The van der Waals surface area contributed by atoms with E-state index >= 15 is 0 Å². The van der Waals surface area contributed by atoms with Crippen molar-refractivity contribution in [2.24, 2.45) is 0 Å². The average molecular weight is 250 g/mol. The maximum Gasteiger partial charge on any atom is 0.317 e. The fourth-order valence-corrected chi connectivity index (χ4v) is 1.32. The van der Waals surface area contributed by atoms with E-state index in [1.807, 2.05) is 19.9 Å². The van der Waals surface area contributed by atoms with E-state index in [9.17, 15) is 14.4 Å². The molecule has 0 aliphatic heterocycles. The lowest BCUT2D eigenvalue weighted by atomic mass is 10.0. The summed E-state index contributed by atoms with van der Waals surface area (Å²) < 4.78 is 4.57. The molecule has 1 aromatic rings. The molecule has 0 fully saturated rings. The second kappa shape index (κ2) is 5.95. The molecule has 0 aliphatic rings. The second-order valence-electron chi connectivity index (χ2n) is 3.95. The zero-order valence-corrected chi connectivity index (χ0v) is 10.2. The number of carbonyl (C=O) groups excluding carboxylic acids is 2. The predicted molar refractivity (Wildman–Crippen MR) is 63.5 cm³/mol. The average Bonchev–Trinajstić information content (AvgIpc) is 2.28. The molecule has 0 aromatic heterocycles. The molecule has 18 heavy (non-hydrogen) atoms. The molecule has 0 atom stereocenters. The number of carbonyl (C=O) groups is 3. The highest BCUT2D eigenvalue weighted by Crippen LogP contribution is 2.10. The Bertz CT molecular complexity index is 490. The van der Waals surface area contributed by atoms with Gasteiger partial charge in [-0.1, -0.05) is 12.1 Å². The van der Waals surface area contributed by atoms with Crippen LogP contribution in [0.15, 0.2) is 18.2 Å². The van der Waals surface area contributed by atoms with Crippen molar-refractivity contribution in [2.45, 2.75) is 20.3 Å². The Morgan fingerprint density at radius 3 is 2.39 bits per heavy atom. The molecule has 1 N–H and O–H groups in total. The molecular weight excluding hydrogens is 236 g/mol. The normalized spacial score (nSPS) is 9.89. The molecule has 0 saturated heterocycles. The minimum absolute atomic E-state index is 0.350. The summed E-state index contributed by atoms with van der Waals surface area (Å²) in [5.74, 6) is -2.55. The molecule has 1 rings (SSSR count). The van der Waals surface area contributed by atoms with E-state index in [0.29, 0.717) is 5.56 Å². The molecule has 0 amide bonds. The zero-order valence-electron chi connectivity index (χ0n) is 10.2. The molecule has 96 valence electrons. The molecule has 0 bridgehead atoms. The van der Waals surface area contributed by atoms with Crippen LogP contribution in [0.5, 0.6) is 0 Å². The van der Waals surface area contributed by atoms with Gasteiger partial charge in [-0.25, -0.2) is 0 Å². The molecule has 0 aliphatic carbocycles. The van der Waals surface area contributed by atoms with Crippen molar-refractivity contribution in [2.75, 3.05) is 6.61 Å². The van der Waals surface area contributed by atoms with Crippen LogP contribution in [-0.2, 0) is 14.3 Å². The third-order valence-corrected chi connectivity index (χ3v) is 2.49. The van der Waals surface area contributed by atoms with Crippen LogP contribution in [0.3, 0.4) is 0 Å². The maximum atomic E-state index is 11.7. The topological polar surface area (TPSA) is 80.7 Å². The summed E-state index contributed by atoms with van der Waals surface area (Å²) >= 11 is 0. The first-order valence-corrected chi connectivity index (χ1v) is 5.38. The lowest BCUT2D eigenvalue weighted by Gasteiger charge is -2.05. The van der Waals surface area contributed by atoms with Gasteiger partial charge in [-0.05, 0) is 31.0 Å². The highest BCUT2D eigenvalue weighted by atomic mass is 16.5. The van der Waals surface area contributed by atoms with E-state index in [0.717, 1.165) is 11.1 Å². The van der Waals surface area contributed by atoms with Gasteiger partial charge in [0, 0.05) is 5.56 Å². The van der Waals surface area contributed by atoms with Gasteiger partial charge < -0.3 is 9.84 Å². The minimum atomic E-state index is -1.28. The van der Waals surface area contributed by atoms with Gasteiger partial charge in [-0.15, -0.1) is 0 Å². The lowest BCUT2D eigenvalue weighted by Crippen LogP contribution is -2.16. The van der Waals surface area contributed by atoms with E-state index in [4.69, 9.17) is 5.11 Å². The third-order valence-electron chi connectivity index (χ3n) is 2.49. The summed E-state index contributed by atoms with van der Waals surface area (Å²) in [7, 11) is 0. The first-order chi connectivity index (χ1) is 8.40. The fraction of sp³-hybridized carbons (Fsp3) is 0.308. The quantitative estimate of drug-likeness (QED) is 0.486. The van der Waals surface area contributed by atoms with Crippen molar-refractivity contribution in [1.29, 1.82) is 0 Å². The van der Waals surface area contributed by atoms with Crippen LogP contribution in [0.4, 0.5) is 0 Å². The summed E-state index contributed by atoms with van der Waals surface area (Å²) in [6.45, 7) is 3.37. The molecule has 1 aromatic carbocycles. The molecule has 5 heteroatoms. The Kier molecular flexibility index (Phi) is 4.59. The summed E-state index contributed by atoms with van der Waals surface area (Å²) in [6.07, 6.45) is -0.736. The summed E-state index contributed by atoms with van der Waals surface area (Å²) in [5.41, 5.74) is 2.48. The number of benzene rings is 1. The van der Waals surface area contributed by atoms with Gasteiger partial charge in [-0.2, -0.15) is 0 Å². The van der Waals surface area contributed by atoms with Crippen LogP contribution in [0.25, 0.3) is 0 Å². The Morgan fingerprint density at radius 2 is 1.83 bits per heavy atom. The van der Waals surface area contributed by atoms with Crippen LogP contribution in [-0.4, -0.2) is 29.4 Å². The molecule has 0 radical (unpaired) electrons. The predicted octanol–water partition coefficient (Wildman–Crippen LogP) is 1.50. The SMILES string of the molecule is Cc1ccc(C(=O)COC(=O)CC(=O)O)cc1C. The number of carboxylic acid groups (broad SMARTS) is 1. The zero-order chi connectivity index (χ0) is 13.7. The number of Topliss-reactive ketones (excluding diaryl/α,β-unsaturated/α-hetero) is 1. The van der Waals surface area contributed by atoms with Gasteiger partial charge in [0.1, 0.15) is 6.42 Å². The molecule has 0 spiro atoms. The van der Waals surface area contributed by atoms with E-state index in [1.165, 1.54) is 0 Å². The number of aryl methyl sites for hydroxylation is 2. The van der Waals surface area contributed by atoms with Crippen molar-refractivity contribution in [1.82, 2.24) is 0 Å². The van der Waals surface area contributed by atoms with Gasteiger partial charge in [0.25, 0.3) is 0 Å². The van der Waals surface area contributed by atoms with Crippen molar-refractivity contribution >= 4 is 17.7 Å². The number of hydrogen-bond acceptors (Lipinski definition) is 4. The molecule has 0 saturated carbocycles. The first-order valence-electron chi connectivity index (χ1n) is 5.38. The Balaban J connectivity index is 2.58. The highest BCUT2D eigenvalue weighted by molar-refractivity contribution is 5.99. The molecule has 0 unspecified atom stereocenters. The van der Waals surface area contributed by atoms with E-state index in [-0.39, 0.29) is 5.78 Å². The maximum absolute atomic E-state index is 11.7. The highest BCUT2D eigenvalue weighted by Gasteiger charge is 2.13. The van der Waals surface area contributed by atoms with Gasteiger partial charge >= 0.3 is 11.9 Å². The number of aliphatic carboxylic acids is 1. The molecular formula is C13H14O5. The van der Waals surface area contributed by atoms with E-state index < -0.39 is 25.0 Å². The van der Waals surface area contributed by atoms with Gasteiger partial charge in [0.2, 0.25) is 0 Å². The summed E-state index contributed by atoms with van der Waals surface area (Å²) in [6, 6.07) is 5.17. The van der Waals surface area contributed by atoms with Crippen molar-refractivity contribution in [3.63, 3.8) is 0 Å². The standard InChI is InChI=1S/C13H14O5/c1-8-3-4-10(5-9(8)2)11(14)7-18-13(17)6-12(15)16/h3-5H,6-7H2,1-2H3,(H,15,16). The third kappa shape index (κ3) is 4.01. The van der Waals surface area contributed by atoms with Gasteiger partial charge in [0.15, 0.2) is 12.4 Å². The van der Waals surface area contributed by atoms with Crippen LogP contribution in [0.1, 0.15) is 27.9 Å². The monoisotopic (exact) mass is 250 g/mol.